The fourth-order valence-electron chi connectivity index (χ4n) is 3.37. The summed E-state index contributed by atoms with van der Waals surface area (Å²) in [5, 5.41) is 0.0193. The third kappa shape index (κ3) is 3.11. The Bertz CT molecular complexity index is 509. The summed E-state index contributed by atoms with van der Waals surface area (Å²) >= 11 is 1.81. The van der Waals surface area contributed by atoms with Crippen LogP contribution in [0, 0.1) is 0 Å². The molecule has 0 saturated carbocycles. The molecule has 0 aromatic heterocycles. The van der Waals surface area contributed by atoms with Gasteiger partial charge in [0.05, 0.1) is 0 Å². The number of benzene rings is 1. The summed E-state index contributed by atoms with van der Waals surface area (Å²) in [6.07, 6.45) is 3.28. The lowest BCUT2D eigenvalue weighted by atomic mass is 9.99. The summed E-state index contributed by atoms with van der Waals surface area (Å²) in [5.74, 6) is 1.38. The van der Waals surface area contributed by atoms with Crippen molar-refractivity contribution in [1.82, 2.24) is 9.80 Å². The van der Waals surface area contributed by atoms with Gasteiger partial charge in [0.25, 0.3) is 0 Å². The molecule has 2 heterocycles. The van der Waals surface area contributed by atoms with Crippen LogP contribution < -0.4 is 0 Å². The van der Waals surface area contributed by atoms with Crippen LogP contribution in [-0.2, 0) is 11.2 Å². The highest BCUT2D eigenvalue weighted by Crippen LogP contribution is 2.38. The van der Waals surface area contributed by atoms with E-state index in [1.165, 1.54) is 11.1 Å². The number of fused-ring (bicyclic) bond motifs is 1. The lowest BCUT2D eigenvalue weighted by Gasteiger charge is -2.37. The zero-order valence-corrected chi connectivity index (χ0v) is 13.7. The predicted molar refractivity (Wildman–Crippen MR) is 88.6 cm³/mol. The molecular weight excluding hydrogens is 280 g/mol. The minimum Gasteiger partial charge on any atom is -0.341 e. The normalized spacial score (nSPS) is 23.2. The molecule has 1 saturated heterocycles. The van der Waals surface area contributed by atoms with E-state index < -0.39 is 0 Å². The Kier molecular flexibility index (Phi) is 4.55. The van der Waals surface area contributed by atoms with Gasteiger partial charge in [-0.25, -0.2) is 0 Å². The summed E-state index contributed by atoms with van der Waals surface area (Å²) in [4.78, 5) is 17.3. The number of nitrogens with zero attached hydrogens (tertiary/aromatic N) is 2. The number of carbonyl (C=O) groups is 1. The van der Waals surface area contributed by atoms with E-state index in [4.69, 9.17) is 0 Å². The summed E-state index contributed by atoms with van der Waals surface area (Å²) in [5.41, 5.74) is 2.60. The van der Waals surface area contributed by atoms with Gasteiger partial charge < -0.3 is 9.80 Å². The Balaban J connectivity index is 1.70. The molecule has 21 heavy (non-hydrogen) atoms. The fourth-order valence-corrected chi connectivity index (χ4v) is 4.64. The standard InChI is InChI=1S/C17H24N2OS/c1-18(2)14-7-10-19(11-8-14)17(20)16-15-6-4-3-5-13(15)9-12-21-16/h3-6,14,16H,7-12H2,1-2H3/t16-/m1/s1. The zero-order chi connectivity index (χ0) is 14.8. The van der Waals surface area contributed by atoms with Crippen molar-refractivity contribution in [2.24, 2.45) is 0 Å². The van der Waals surface area contributed by atoms with Crippen LogP contribution in [-0.4, -0.2) is 54.7 Å². The van der Waals surface area contributed by atoms with E-state index in [-0.39, 0.29) is 5.25 Å². The molecule has 0 aliphatic carbocycles. The zero-order valence-electron chi connectivity index (χ0n) is 12.9. The van der Waals surface area contributed by atoms with E-state index in [0.29, 0.717) is 11.9 Å². The van der Waals surface area contributed by atoms with Crippen LogP contribution in [0.15, 0.2) is 24.3 Å². The Labute approximate surface area is 131 Å². The van der Waals surface area contributed by atoms with E-state index in [2.05, 4.69) is 48.2 Å². The summed E-state index contributed by atoms with van der Waals surface area (Å²) in [6.45, 7) is 1.81. The minimum absolute atomic E-state index is 0.0193. The molecule has 0 N–H and O–H groups in total. The number of aryl methyl sites for hydroxylation is 1. The first kappa shape index (κ1) is 14.9. The average Bonchev–Trinajstić information content (AvgIpc) is 2.53. The van der Waals surface area contributed by atoms with Crippen molar-refractivity contribution < 1.29 is 4.79 Å². The molecule has 1 aromatic rings. The van der Waals surface area contributed by atoms with Crippen LogP contribution in [0.3, 0.4) is 0 Å². The van der Waals surface area contributed by atoms with Gasteiger partial charge in [-0.05, 0) is 50.2 Å². The van der Waals surface area contributed by atoms with Gasteiger partial charge in [-0.2, -0.15) is 0 Å². The highest BCUT2D eigenvalue weighted by molar-refractivity contribution is 8.00. The minimum atomic E-state index is 0.0193. The van der Waals surface area contributed by atoms with Crippen LogP contribution in [0.1, 0.15) is 29.2 Å². The van der Waals surface area contributed by atoms with Crippen molar-refractivity contribution in [3.05, 3.63) is 35.4 Å². The molecule has 3 nitrogen and oxygen atoms in total. The number of hydrogen-bond acceptors (Lipinski definition) is 3. The average molecular weight is 304 g/mol. The Hall–Kier alpha value is -1.00. The number of carbonyl (C=O) groups excluding carboxylic acids is 1. The van der Waals surface area contributed by atoms with Gasteiger partial charge in [-0.1, -0.05) is 24.3 Å². The van der Waals surface area contributed by atoms with Crippen molar-refractivity contribution in [2.75, 3.05) is 32.9 Å². The molecule has 0 spiro atoms. The van der Waals surface area contributed by atoms with E-state index in [9.17, 15) is 4.79 Å². The number of hydrogen-bond donors (Lipinski definition) is 0. The molecule has 1 amide bonds. The second-order valence-electron chi connectivity index (χ2n) is 6.22. The first-order valence-electron chi connectivity index (χ1n) is 7.81. The Morgan fingerprint density at radius 2 is 1.95 bits per heavy atom. The number of piperidine rings is 1. The molecule has 3 rings (SSSR count). The smallest absolute Gasteiger partial charge is 0.240 e. The molecule has 0 radical (unpaired) electrons. The van der Waals surface area contributed by atoms with Gasteiger partial charge in [0.1, 0.15) is 5.25 Å². The van der Waals surface area contributed by atoms with Gasteiger partial charge in [0, 0.05) is 19.1 Å². The van der Waals surface area contributed by atoms with E-state index in [1.807, 2.05) is 11.8 Å². The Morgan fingerprint density at radius 3 is 2.67 bits per heavy atom. The highest BCUT2D eigenvalue weighted by atomic mass is 32.2. The molecule has 2 aliphatic heterocycles. The van der Waals surface area contributed by atoms with E-state index in [0.717, 1.165) is 38.1 Å². The summed E-state index contributed by atoms with van der Waals surface area (Å²) in [6, 6.07) is 9.08. The predicted octanol–water partition coefficient (Wildman–Crippen LogP) is 2.57. The van der Waals surface area contributed by atoms with Gasteiger partial charge >= 0.3 is 0 Å². The molecule has 1 atom stereocenters. The maximum atomic E-state index is 12.9. The number of likely N-dealkylation sites (tertiary alicyclic amines) is 1. The molecule has 1 fully saturated rings. The molecule has 114 valence electrons. The van der Waals surface area contributed by atoms with Crippen LogP contribution in [0.5, 0.6) is 0 Å². The van der Waals surface area contributed by atoms with Crippen LogP contribution in [0.25, 0.3) is 0 Å². The number of amides is 1. The lowest BCUT2D eigenvalue weighted by molar-refractivity contribution is -0.132. The van der Waals surface area contributed by atoms with E-state index >= 15 is 0 Å². The molecule has 0 unspecified atom stereocenters. The van der Waals surface area contributed by atoms with Gasteiger partial charge in [0.15, 0.2) is 0 Å². The van der Waals surface area contributed by atoms with Crippen LogP contribution >= 0.6 is 11.8 Å². The van der Waals surface area contributed by atoms with Crippen molar-refractivity contribution in [2.45, 2.75) is 30.6 Å². The summed E-state index contributed by atoms with van der Waals surface area (Å²) < 4.78 is 0. The maximum Gasteiger partial charge on any atom is 0.240 e. The van der Waals surface area contributed by atoms with E-state index in [1.54, 1.807) is 0 Å². The SMILES string of the molecule is CN(C)C1CCN(C(=O)[C@@H]2SCCc3ccccc32)CC1. The fraction of sp³-hybridized carbons (Fsp3) is 0.588. The topological polar surface area (TPSA) is 23.6 Å². The molecule has 2 aliphatic rings. The highest BCUT2D eigenvalue weighted by Gasteiger charge is 2.32. The first-order chi connectivity index (χ1) is 10.2. The molecule has 4 heteroatoms. The van der Waals surface area contributed by atoms with Crippen molar-refractivity contribution in [3.8, 4) is 0 Å². The molecular formula is C17H24N2OS. The van der Waals surface area contributed by atoms with Crippen LogP contribution in [0.4, 0.5) is 0 Å². The quantitative estimate of drug-likeness (QED) is 0.839. The van der Waals surface area contributed by atoms with Gasteiger partial charge in [-0.3, -0.25) is 4.79 Å². The summed E-state index contributed by atoms with van der Waals surface area (Å²) in [7, 11) is 4.27. The van der Waals surface area contributed by atoms with Gasteiger partial charge in [0.2, 0.25) is 5.91 Å². The molecule has 1 aromatic carbocycles. The second kappa shape index (κ2) is 6.41. The lowest BCUT2D eigenvalue weighted by Crippen LogP contribution is -2.46. The largest absolute Gasteiger partial charge is 0.341 e. The Morgan fingerprint density at radius 1 is 1.24 bits per heavy atom. The number of rotatable bonds is 2. The van der Waals surface area contributed by atoms with Crippen molar-refractivity contribution in [1.29, 1.82) is 0 Å². The third-order valence-corrected chi connectivity index (χ3v) is 5.95. The third-order valence-electron chi connectivity index (χ3n) is 4.72. The van der Waals surface area contributed by atoms with Crippen LogP contribution in [0.2, 0.25) is 0 Å². The van der Waals surface area contributed by atoms with Crippen molar-refractivity contribution >= 4 is 17.7 Å². The maximum absolute atomic E-state index is 12.9. The first-order valence-corrected chi connectivity index (χ1v) is 8.86. The number of thioether (sulfide) groups is 1. The van der Waals surface area contributed by atoms with Crippen molar-refractivity contribution in [3.63, 3.8) is 0 Å². The van der Waals surface area contributed by atoms with Gasteiger partial charge in [-0.15, -0.1) is 11.8 Å². The second-order valence-corrected chi connectivity index (χ2v) is 7.43. The monoisotopic (exact) mass is 304 g/mol. The molecule has 0 bridgehead atoms.